The second kappa shape index (κ2) is 9.80. The van der Waals surface area contributed by atoms with Crippen LogP contribution in [0.3, 0.4) is 0 Å². The molecule has 3 aromatic rings. The summed E-state index contributed by atoms with van der Waals surface area (Å²) in [6.07, 6.45) is 0. The largest absolute Gasteiger partial charge is 0.504 e. The summed E-state index contributed by atoms with van der Waals surface area (Å²) in [5.41, 5.74) is 0.505. The number of rotatable bonds is 8. The summed E-state index contributed by atoms with van der Waals surface area (Å²) >= 11 is 0. The second-order valence-electron chi connectivity index (χ2n) is 5.91. The first kappa shape index (κ1) is 19.8. The van der Waals surface area contributed by atoms with Crippen molar-refractivity contribution in [2.24, 2.45) is 0 Å². The van der Waals surface area contributed by atoms with Crippen molar-refractivity contribution in [3.05, 3.63) is 78.9 Å². The van der Waals surface area contributed by atoms with Crippen molar-refractivity contribution in [2.45, 2.75) is 0 Å². The SMILES string of the molecule is O=C(COC(=O)COc1ccccc1O)Nc1cccc(Oc2ccccc2)c1. The molecule has 2 N–H and O–H groups in total. The van der Waals surface area contributed by atoms with Gasteiger partial charge in [-0.1, -0.05) is 36.4 Å². The average molecular weight is 393 g/mol. The van der Waals surface area contributed by atoms with Crippen LogP contribution in [-0.2, 0) is 14.3 Å². The molecule has 3 aromatic carbocycles. The molecule has 0 atom stereocenters. The van der Waals surface area contributed by atoms with Gasteiger partial charge in [0.2, 0.25) is 0 Å². The normalized spacial score (nSPS) is 10.1. The van der Waals surface area contributed by atoms with Gasteiger partial charge in [0.1, 0.15) is 11.5 Å². The topological polar surface area (TPSA) is 94.1 Å². The molecule has 0 heterocycles. The number of esters is 1. The van der Waals surface area contributed by atoms with Gasteiger partial charge in [-0.15, -0.1) is 0 Å². The van der Waals surface area contributed by atoms with Crippen LogP contribution in [0.4, 0.5) is 5.69 Å². The quantitative estimate of drug-likeness (QED) is 0.566. The van der Waals surface area contributed by atoms with Crippen LogP contribution >= 0.6 is 0 Å². The van der Waals surface area contributed by atoms with Gasteiger partial charge in [-0.25, -0.2) is 4.79 Å². The van der Waals surface area contributed by atoms with Crippen LogP contribution in [-0.4, -0.2) is 30.2 Å². The van der Waals surface area contributed by atoms with Crippen molar-refractivity contribution >= 4 is 17.6 Å². The minimum absolute atomic E-state index is 0.0874. The third-order valence-corrected chi connectivity index (χ3v) is 3.67. The third-order valence-electron chi connectivity index (χ3n) is 3.67. The first-order chi connectivity index (χ1) is 14.1. The number of phenolic OH excluding ortho intramolecular Hbond substituents is 1. The first-order valence-corrected chi connectivity index (χ1v) is 8.79. The zero-order chi connectivity index (χ0) is 20.5. The highest BCUT2D eigenvalue weighted by atomic mass is 16.6. The van der Waals surface area contributed by atoms with E-state index in [0.29, 0.717) is 17.2 Å². The van der Waals surface area contributed by atoms with Gasteiger partial charge in [-0.05, 0) is 36.4 Å². The molecule has 0 saturated heterocycles. The lowest BCUT2D eigenvalue weighted by atomic mass is 10.3. The molecule has 3 rings (SSSR count). The lowest BCUT2D eigenvalue weighted by Gasteiger charge is -2.10. The number of para-hydroxylation sites is 3. The zero-order valence-electron chi connectivity index (χ0n) is 15.4. The Morgan fingerprint density at radius 3 is 2.34 bits per heavy atom. The van der Waals surface area contributed by atoms with Gasteiger partial charge < -0.3 is 24.6 Å². The standard InChI is InChI=1S/C22H19NO6/c24-19-11-4-5-12-20(19)27-15-22(26)28-14-21(25)23-16-7-6-10-18(13-16)29-17-8-2-1-3-9-17/h1-13,24H,14-15H2,(H,23,25). The van der Waals surface area contributed by atoms with Crippen molar-refractivity contribution in [2.75, 3.05) is 18.5 Å². The predicted octanol–water partition coefficient (Wildman–Crippen LogP) is 3.75. The molecule has 0 aliphatic heterocycles. The number of amides is 1. The Balaban J connectivity index is 1.45. The molecule has 0 unspecified atom stereocenters. The summed E-state index contributed by atoms with van der Waals surface area (Å²) in [7, 11) is 0. The van der Waals surface area contributed by atoms with E-state index in [9.17, 15) is 14.7 Å². The van der Waals surface area contributed by atoms with Crippen molar-refractivity contribution in [3.63, 3.8) is 0 Å². The van der Waals surface area contributed by atoms with Crippen molar-refractivity contribution in [3.8, 4) is 23.0 Å². The van der Waals surface area contributed by atoms with Crippen LogP contribution in [0, 0.1) is 0 Å². The maximum absolute atomic E-state index is 12.0. The number of phenols is 1. The Kier molecular flexibility index (Phi) is 6.67. The molecule has 0 bridgehead atoms. The number of hydrogen-bond acceptors (Lipinski definition) is 6. The van der Waals surface area contributed by atoms with E-state index in [-0.39, 0.29) is 11.5 Å². The van der Waals surface area contributed by atoms with Crippen molar-refractivity contribution in [1.82, 2.24) is 0 Å². The Hall–Kier alpha value is -4.00. The molecule has 7 heteroatoms. The van der Waals surface area contributed by atoms with Crippen LogP contribution in [0.2, 0.25) is 0 Å². The van der Waals surface area contributed by atoms with Gasteiger partial charge >= 0.3 is 5.97 Å². The van der Waals surface area contributed by atoms with E-state index in [1.54, 1.807) is 36.4 Å². The molecular weight excluding hydrogens is 374 g/mol. The van der Waals surface area contributed by atoms with E-state index in [2.05, 4.69) is 5.32 Å². The van der Waals surface area contributed by atoms with Crippen LogP contribution in [0.15, 0.2) is 78.9 Å². The average Bonchev–Trinajstić information content (AvgIpc) is 2.73. The Labute approximate surface area is 167 Å². The fourth-order valence-corrected chi connectivity index (χ4v) is 2.36. The summed E-state index contributed by atoms with van der Waals surface area (Å²) in [6, 6.07) is 22.3. The molecule has 0 aliphatic rings. The molecule has 0 spiro atoms. The summed E-state index contributed by atoms with van der Waals surface area (Å²) in [4.78, 5) is 23.7. The summed E-state index contributed by atoms with van der Waals surface area (Å²) in [5.74, 6) is 0.0681. The number of aromatic hydroxyl groups is 1. The van der Waals surface area contributed by atoms with Crippen LogP contribution in [0.25, 0.3) is 0 Å². The number of benzene rings is 3. The van der Waals surface area contributed by atoms with Gasteiger partial charge in [0.15, 0.2) is 24.7 Å². The van der Waals surface area contributed by atoms with Crippen LogP contribution < -0.4 is 14.8 Å². The minimum atomic E-state index is -0.732. The monoisotopic (exact) mass is 393 g/mol. The van der Waals surface area contributed by atoms with Gasteiger partial charge in [0, 0.05) is 11.8 Å². The van der Waals surface area contributed by atoms with Crippen LogP contribution in [0.5, 0.6) is 23.0 Å². The molecule has 0 aliphatic carbocycles. The number of anilines is 1. The van der Waals surface area contributed by atoms with E-state index in [4.69, 9.17) is 14.2 Å². The van der Waals surface area contributed by atoms with Gasteiger partial charge in [0.05, 0.1) is 0 Å². The van der Waals surface area contributed by atoms with E-state index in [1.807, 2.05) is 30.3 Å². The van der Waals surface area contributed by atoms with Gasteiger partial charge in [-0.2, -0.15) is 0 Å². The van der Waals surface area contributed by atoms with Gasteiger partial charge in [0.25, 0.3) is 5.91 Å². The summed E-state index contributed by atoms with van der Waals surface area (Å²) in [6.45, 7) is -0.891. The molecule has 0 radical (unpaired) electrons. The molecule has 1 amide bonds. The molecule has 0 fully saturated rings. The third kappa shape index (κ3) is 6.28. The molecule has 0 aromatic heterocycles. The molecule has 29 heavy (non-hydrogen) atoms. The Morgan fingerprint density at radius 2 is 1.55 bits per heavy atom. The number of carbonyl (C=O) groups is 2. The highest BCUT2D eigenvalue weighted by Crippen LogP contribution is 2.25. The fraction of sp³-hybridized carbons (Fsp3) is 0.0909. The summed E-state index contributed by atoms with van der Waals surface area (Å²) in [5, 5.41) is 12.2. The molecule has 7 nitrogen and oxygen atoms in total. The second-order valence-corrected chi connectivity index (χ2v) is 5.91. The van der Waals surface area contributed by atoms with Crippen molar-refractivity contribution < 1.29 is 28.9 Å². The number of carbonyl (C=O) groups excluding carboxylic acids is 2. The smallest absolute Gasteiger partial charge is 0.344 e. The number of nitrogens with one attached hydrogen (secondary N) is 1. The van der Waals surface area contributed by atoms with E-state index in [1.165, 1.54) is 12.1 Å². The van der Waals surface area contributed by atoms with Gasteiger partial charge in [-0.3, -0.25) is 4.79 Å². The Bertz CT molecular complexity index is 974. The molecule has 148 valence electrons. The maximum Gasteiger partial charge on any atom is 0.344 e. The Morgan fingerprint density at radius 1 is 0.828 bits per heavy atom. The number of hydrogen-bond donors (Lipinski definition) is 2. The fourth-order valence-electron chi connectivity index (χ4n) is 2.36. The highest BCUT2D eigenvalue weighted by molar-refractivity contribution is 5.93. The summed E-state index contributed by atoms with van der Waals surface area (Å²) < 4.78 is 15.7. The van der Waals surface area contributed by atoms with E-state index < -0.39 is 25.1 Å². The zero-order valence-corrected chi connectivity index (χ0v) is 15.4. The number of ether oxygens (including phenoxy) is 3. The maximum atomic E-state index is 12.0. The predicted molar refractivity (Wildman–Crippen MR) is 106 cm³/mol. The molecular formula is C22H19NO6. The van der Waals surface area contributed by atoms with Crippen LogP contribution in [0.1, 0.15) is 0 Å². The van der Waals surface area contributed by atoms with Crippen molar-refractivity contribution in [1.29, 1.82) is 0 Å². The van der Waals surface area contributed by atoms with E-state index >= 15 is 0 Å². The molecule has 0 saturated carbocycles. The highest BCUT2D eigenvalue weighted by Gasteiger charge is 2.10. The lowest BCUT2D eigenvalue weighted by Crippen LogP contribution is -2.23. The first-order valence-electron chi connectivity index (χ1n) is 8.79. The minimum Gasteiger partial charge on any atom is -0.504 e. The van der Waals surface area contributed by atoms with E-state index in [0.717, 1.165) is 0 Å². The lowest BCUT2D eigenvalue weighted by molar-refractivity contribution is -0.149.